The Kier molecular flexibility index (Phi) is 7.34. The summed E-state index contributed by atoms with van der Waals surface area (Å²) >= 11 is 7.58. The molecule has 0 aliphatic heterocycles. The van der Waals surface area contributed by atoms with Crippen molar-refractivity contribution in [3.05, 3.63) is 64.7 Å². The molecule has 2 aromatic rings. The molecule has 2 rings (SSSR count). The molecule has 132 valence electrons. The highest BCUT2D eigenvalue weighted by Gasteiger charge is 2.21. The molecule has 2 aromatic carbocycles. The van der Waals surface area contributed by atoms with Gasteiger partial charge in [0.25, 0.3) is 5.91 Å². The van der Waals surface area contributed by atoms with E-state index in [2.05, 4.69) is 10.6 Å². The van der Waals surface area contributed by atoms with Gasteiger partial charge in [-0.1, -0.05) is 35.4 Å². The van der Waals surface area contributed by atoms with Crippen LogP contribution in [0.15, 0.2) is 48.5 Å². The predicted molar refractivity (Wildman–Crippen MR) is 106 cm³/mol. The average Bonchev–Trinajstić information content (AvgIpc) is 2.58. The summed E-state index contributed by atoms with van der Waals surface area (Å²) in [4.78, 5) is 25.0. The first-order chi connectivity index (χ1) is 12.0. The molecule has 25 heavy (non-hydrogen) atoms. The average molecular weight is 377 g/mol. The zero-order valence-corrected chi connectivity index (χ0v) is 15.8. The Morgan fingerprint density at radius 3 is 2.60 bits per heavy atom. The van der Waals surface area contributed by atoms with Crippen LogP contribution < -0.4 is 10.6 Å². The van der Waals surface area contributed by atoms with Gasteiger partial charge in [-0.05, 0) is 55.7 Å². The molecule has 2 N–H and O–H groups in total. The zero-order chi connectivity index (χ0) is 18.2. The van der Waals surface area contributed by atoms with Crippen LogP contribution in [0, 0.1) is 6.92 Å². The number of carbonyl (C=O) groups excluding carboxylic acids is 2. The monoisotopic (exact) mass is 376 g/mol. The largest absolute Gasteiger partial charge is 0.340 e. The number of halogens is 1. The summed E-state index contributed by atoms with van der Waals surface area (Å²) in [7, 11) is 0. The highest BCUT2D eigenvalue weighted by Crippen LogP contribution is 2.16. The predicted octanol–water partition coefficient (Wildman–Crippen LogP) is 4.14. The third-order valence-corrected chi connectivity index (χ3v) is 4.48. The summed E-state index contributed by atoms with van der Waals surface area (Å²) in [5.74, 6) is 0.259. The fraction of sp³-hybridized carbons (Fsp3) is 0.263. The van der Waals surface area contributed by atoms with Gasteiger partial charge in [-0.15, -0.1) is 0 Å². The van der Waals surface area contributed by atoms with Crippen molar-refractivity contribution in [1.82, 2.24) is 5.32 Å². The molecule has 0 aliphatic rings. The van der Waals surface area contributed by atoms with Gasteiger partial charge in [0, 0.05) is 16.3 Å². The lowest BCUT2D eigenvalue weighted by Gasteiger charge is -2.18. The van der Waals surface area contributed by atoms with Crippen LogP contribution in [0.5, 0.6) is 0 Å². The lowest BCUT2D eigenvalue weighted by atomic mass is 10.1. The highest BCUT2D eigenvalue weighted by atomic mass is 35.5. The third-order valence-electron chi connectivity index (χ3n) is 3.60. The van der Waals surface area contributed by atoms with E-state index in [0.29, 0.717) is 22.7 Å². The van der Waals surface area contributed by atoms with Crippen molar-refractivity contribution >= 4 is 40.9 Å². The second-order valence-corrected chi connectivity index (χ2v) is 7.10. The van der Waals surface area contributed by atoms with Crippen LogP contribution in [0.25, 0.3) is 0 Å². The van der Waals surface area contributed by atoms with E-state index in [-0.39, 0.29) is 11.8 Å². The maximum Gasteiger partial charge on any atom is 0.251 e. The van der Waals surface area contributed by atoms with Gasteiger partial charge in [0.05, 0.1) is 0 Å². The number of hydrogen-bond acceptors (Lipinski definition) is 3. The molecule has 1 atom stereocenters. The summed E-state index contributed by atoms with van der Waals surface area (Å²) in [6.07, 6.45) is 2.51. The number of carbonyl (C=O) groups is 2. The number of anilines is 1. The van der Waals surface area contributed by atoms with E-state index in [1.165, 1.54) is 0 Å². The molecular formula is C19H21ClN2O2S. The molecule has 0 bridgehead atoms. The van der Waals surface area contributed by atoms with E-state index in [1.54, 1.807) is 48.2 Å². The molecule has 4 nitrogen and oxygen atoms in total. The SMILES string of the molecule is CSCCC(NC(=O)c1cccc(C)c1)C(=O)Nc1cccc(Cl)c1. The number of aryl methyl sites for hydroxylation is 1. The van der Waals surface area contributed by atoms with Crippen molar-refractivity contribution < 1.29 is 9.59 Å². The van der Waals surface area contributed by atoms with Crippen molar-refractivity contribution in [2.45, 2.75) is 19.4 Å². The first-order valence-electron chi connectivity index (χ1n) is 7.92. The number of amides is 2. The van der Waals surface area contributed by atoms with E-state index >= 15 is 0 Å². The standard InChI is InChI=1S/C19H21ClN2O2S/c1-13-5-3-6-14(11-13)18(23)22-17(9-10-25-2)19(24)21-16-8-4-7-15(20)12-16/h3-8,11-12,17H,9-10H2,1-2H3,(H,21,24)(H,22,23). The quantitative estimate of drug-likeness (QED) is 0.763. The molecule has 0 radical (unpaired) electrons. The van der Waals surface area contributed by atoms with Crippen molar-refractivity contribution in [1.29, 1.82) is 0 Å². The van der Waals surface area contributed by atoms with Gasteiger partial charge >= 0.3 is 0 Å². The number of benzene rings is 2. The van der Waals surface area contributed by atoms with Gasteiger partial charge in [-0.3, -0.25) is 9.59 Å². The van der Waals surface area contributed by atoms with Gasteiger partial charge < -0.3 is 10.6 Å². The van der Waals surface area contributed by atoms with E-state index in [0.717, 1.165) is 11.3 Å². The zero-order valence-electron chi connectivity index (χ0n) is 14.2. The summed E-state index contributed by atoms with van der Waals surface area (Å²) in [5.41, 5.74) is 2.15. The minimum absolute atomic E-state index is 0.252. The van der Waals surface area contributed by atoms with E-state index in [1.807, 2.05) is 25.3 Å². The Labute approximate surface area is 157 Å². The second kappa shape index (κ2) is 9.49. The Balaban J connectivity index is 2.09. The van der Waals surface area contributed by atoms with Crippen LogP contribution in [-0.2, 0) is 4.79 Å². The highest BCUT2D eigenvalue weighted by molar-refractivity contribution is 7.98. The van der Waals surface area contributed by atoms with Crippen LogP contribution in [-0.4, -0.2) is 29.9 Å². The van der Waals surface area contributed by atoms with Crippen LogP contribution in [0.3, 0.4) is 0 Å². The van der Waals surface area contributed by atoms with Crippen molar-refractivity contribution in [2.75, 3.05) is 17.3 Å². The Morgan fingerprint density at radius 2 is 1.92 bits per heavy atom. The topological polar surface area (TPSA) is 58.2 Å². The molecule has 6 heteroatoms. The van der Waals surface area contributed by atoms with Crippen molar-refractivity contribution in [3.8, 4) is 0 Å². The molecule has 2 amide bonds. The summed E-state index contributed by atoms with van der Waals surface area (Å²) in [5, 5.41) is 6.19. The smallest absolute Gasteiger partial charge is 0.251 e. The molecule has 0 fully saturated rings. The molecule has 0 spiro atoms. The number of nitrogens with one attached hydrogen (secondary N) is 2. The van der Waals surface area contributed by atoms with Gasteiger partial charge in [0.15, 0.2) is 0 Å². The molecule has 0 aliphatic carbocycles. The minimum Gasteiger partial charge on any atom is -0.340 e. The Bertz CT molecular complexity index is 752. The molecule has 0 aromatic heterocycles. The van der Waals surface area contributed by atoms with Crippen LogP contribution >= 0.6 is 23.4 Å². The molecule has 0 saturated carbocycles. The molecule has 0 heterocycles. The van der Waals surface area contributed by atoms with Gasteiger partial charge in [0.1, 0.15) is 6.04 Å². The van der Waals surface area contributed by atoms with E-state index in [4.69, 9.17) is 11.6 Å². The molecule has 1 unspecified atom stereocenters. The lowest BCUT2D eigenvalue weighted by Crippen LogP contribution is -2.44. The number of rotatable bonds is 7. The lowest BCUT2D eigenvalue weighted by molar-refractivity contribution is -0.118. The fourth-order valence-corrected chi connectivity index (χ4v) is 2.99. The summed E-state index contributed by atoms with van der Waals surface area (Å²) < 4.78 is 0. The summed E-state index contributed by atoms with van der Waals surface area (Å²) in [6.45, 7) is 1.92. The number of thioether (sulfide) groups is 1. The van der Waals surface area contributed by atoms with Gasteiger partial charge in [0.2, 0.25) is 5.91 Å². The van der Waals surface area contributed by atoms with Crippen LogP contribution in [0.4, 0.5) is 5.69 Å². The molecule has 0 saturated heterocycles. The van der Waals surface area contributed by atoms with E-state index < -0.39 is 6.04 Å². The Hall–Kier alpha value is -1.98. The maximum atomic E-state index is 12.6. The van der Waals surface area contributed by atoms with Crippen LogP contribution in [0.2, 0.25) is 5.02 Å². The van der Waals surface area contributed by atoms with Crippen molar-refractivity contribution in [2.24, 2.45) is 0 Å². The van der Waals surface area contributed by atoms with E-state index in [9.17, 15) is 9.59 Å². The third kappa shape index (κ3) is 6.11. The summed E-state index contributed by atoms with van der Waals surface area (Å²) in [6, 6.07) is 13.6. The first-order valence-corrected chi connectivity index (χ1v) is 9.69. The van der Waals surface area contributed by atoms with Gasteiger partial charge in [-0.2, -0.15) is 11.8 Å². The number of hydrogen-bond donors (Lipinski definition) is 2. The minimum atomic E-state index is -0.612. The normalized spacial score (nSPS) is 11.6. The first kappa shape index (κ1) is 19.3. The second-order valence-electron chi connectivity index (χ2n) is 5.68. The van der Waals surface area contributed by atoms with Crippen molar-refractivity contribution in [3.63, 3.8) is 0 Å². The fourth-order valence-electron chi connectivity index (χ4n) is 2.33. The molecular weight excluding hydrogens is 356 g/mol. The van der Waals surface area contributed by atoms with Gasteiger partial charge in [-0.25, -0.2) is 0 Å². The van der Waals surface area contributed by atoms with Crippen LogP contribution in [0.1, 0.15) is 22.3 Å². The maximum absolute atomic E-state index is 12.6. The Morgan fingerprint density at radius 1 is 1.16 bits per heavy atom.